The summed E-state index contributed by atoms with van der Waals surface area (Å²) < 4.78 is 0. The van der Waals surface area contributed by atoms with Crippen molar-refractivity contribution < 1.29 is 0 Å². The van der Waals surface area contributed by atoms with Gasteiger partial charge in [0.05, 0.1) is 0 Å². The zero-order chi connectivity index (χ0) is 13.3. The fourth-order valence-corrected chi connectivity index (χ4v) is 2.73. The van der Waals surface area contributed by atoms with Crippen LogP contribution in [0.3, 0.4) is 0 Å². The Morgan fingerprint density at radius 1 is 1.22 bits per heavy atom. The molecule has 0 aromatic carbocycles. The van der Waals surface area contributed by atoms with Crippen LogP contribution >= 0.6 is 11.3 Å². The Morgan fingerprint density at radius 3 is 2.44 bits per heavy atom. The van der Waals surface area contributed by atoms with E-state index in [1.54, 1.807) is 11.3 Å². The summed E-state index contributed by atoms with van der Waals surface area (Å²) in [6.45, 7) is 8.40. The number of nitrogens with one attached hydrogen (secondary N) is 1. The molecule has 0 spiro atoms. The molecule has 18 heavy (non-hydrogen) atoms. The summed E-state index contributed by atoms with van der Waals surface area (Å²) in [6, 6.07) is 4.02. The van der Waals surface area contributed by atoms with E-state index < -0.39 is 0 Å². The van der Waals surface area contributed by atoms with Crippen molar-refractivity contribution in [2.24, 2.45) is 5.84 Å². The molecule has 0 amide bonds. The molecule has 0 aliphatic heterocycles. The fourth-order valence-electron chi connectivity index (χ4n) is 1.81. The van der Waals surface area contributed by atoms with Crippen molar-refractivity contribution in [3.63, 3.8) is 0 Å². The minimum Gasteiger partial charge on any atom is -0.308 e. The highest BCUT2D eigenvalue weighted by Crippen LogP contribution is 2.29. The van der Waals surface area contributed by atoms with E-state index in [0.29, 0.717) is 11.7 Å². The van der Waals surface area contributed by atoms with E-state index in [2.05, 4.69) is 49.2 Å². The third kappa shape index (κ3) is 2.52. The normalized spacial score (nSPS) is 11.0. The summed E-state index contributed by atoms with van der Waals surface area (Å²) >= 11 is 1.76. The lowest BCUT2D eigenvalue weighted by Crippen LogP contribution is -2.11. The van der Waals surface area contributed by atoms with Crippen molar-refractivity contribution in [1.82, 2.24) is 9.97 Å². The molecule has 96 valence electrons. The van der Waals surface area contributed by atoms with Gasteiger partial charge in [0.15, 0.2) is 5.82 Å². The third-order valence-corrected chi connectivity index (χ3v) is 3.73. The molecule has 0 bridgehead atoms. The van der Waals surface area contributed by atoms with Crippen molar-refractivity contribution in [3.8, 4) is 11.4 Å². The summed E-state index contributed by atoms with van der Waals surface area (Å²) in [6.07, 6.45) is 0. The van der Waals surface area contributed by atoms with Gasteiger partial charge in [0.2, 0.25) is 0 Å². The number of anilines is 1. The molecule has 0 aliphatic rings. The van der Waals surface area contributed by atoms with Crippen LogP contribution in [0, 0.1) is 13.8 Å². The topological polar surface area (TPSA) is 63.8 Å². The van der Waals surface area contributed by atoms with Crippen molar-refractivity contribution >= 4 is 17.2 Å². The van der Waals surface area contributed by atoms with Crippen LogP contribution in [-0.2, 0) is 0 Å². The Morgan fingerprint density at radius 2 is 1.94 bits per heavy atom. The first-order valence-corrected chi connectivity index (χ1v) is 6.76. The number of hydrogen-bond donors (Lipinski definition) is 2. The van der Waals surface area contributed by atoms with Crippen LogP contribution in [0.4, 0.5) is 5.82 Å². The Hall–Kier alpha value is -1.46. The molecule has 0 atom stereocenters. The second kappa shape index (κ2) is 5.04. The van der Waals surface area contributed by atoms with Crippen LogP contribution in [0.15, 0.2) is 12.1 Å². The number of nitrogens with zero attached hydrogens (tertiary/aromatic N) is 2. The van der Waals surface area contributed by atoms with E-state index in [-0.39, 0.29) is 0 Å². The van der Waals surface area contributed by atoms with Gasteiger partial charge >= 0.3 is 0 Å². The SMILES string of the molecule is Cc1cc(-c2nc(NN)cc(C(C)C)n2)c(C)s1. The average Bonchev–Trinajstić information content (AvgIpc) is 2.67. The Balaban J connectivity index is 2.56. The van der Waals surface area contributed by atoms with Gasteiger partial charge in [-0.1, -0.05) is 13.8 Å². The first kappa shape index (κ1) is 13.0. The highest BCUT2D eigenvalue weighted by atomic mass is 32.1. The number of aryl methyl sites for hydroxylation is 2. The Kier molecular flexibility index (Phi) is 3.63. The maximum Gasteiger partial charge on any atom is 0.162 e. The highest BCUT2D eigenvalue weighted by molar-refractivity contribution is 7.12. The standard InChI is InChI=1S/C13H18N4S/c1-7(2)11-6-12(17-14)16-13(15-11)10-5-8(3)18-9(10)4/h5-7H,14H2,1-4H3,(H,15,16,17). The maximum atomic E-state index is 5.47. The van der Waals surface area contributed by atoms with Crippen LogP contribution in [0.5, 0.6) is 0 Å². The first-order chi connectivity index (χ1) is 8.51. The molecule has 0 unspecified atom stereocenters. The lowest BCUT2D eigenvalue weighted by molar-refractivity contribution is 0.817. The Bertz CT molecular complexity index is 560. The second-order valence-corrected chi connectivity index (χ2v) is 6.09. The van der Waals surface area contributed by atoms with Gasteiger partial charge in [-0.2, -0.15) is 0 Å². The van der Waals surface area contributed by atoms with Crippen LogP contribution in [0.1, 0.15) is 35.2 Å². The Labute approximate surface area is 111 Å². The number of aromatic nitrogens is 2. The van der Waals surface area contributed by atoms with E-state index in [1.807, 2.05) is 6.07 Å². The highest BCUT2D eigenvalue weighted by Gasteiger charge is 2.12. The minimum absolute atomic E-state index is 0.346. The van der Waals surface area contributed by atoms with E-state index in [9.17, 15) is 0 Å². The molecular formula is C13H18N4S. The number of hydrazine groups is 1. The zero-order valence-electron chi connectivity index (χ0n) is 11.1. The van der Waals surface area contributed by atoms with Crippen molar-refractivity contribution in [2.45, 2.75) is 33.6 Å². The van der Waals surface area contributed by atoms with Crippen LogP contribution in [-0.4, -0.2) is 9.97 Å². The molecule has 4 nitrogen and oxygen atoms in total. The molecule has 5 heteroatoms. The van der Waals surface area contributed by atoms with Crippen LogP contribution in [0.2, 0.25) is 0 Å². The first-order valence-electron chi connectivity index (χ1n) is 5.94. The molecule has 0 saturated carbocycles. The minimum atomic E-state index is 0.346. The van der Waals surface area contributed by atoms with Crippen molar-refractivity contribution in [2.75, 3.05) is 5.43 Å². The van der Waals surface area contributed by atoms with Crippen molar-refractivity contribution in [1.29, 1.82) is 0 Å². The number of nitrogens with two attached hydrogens (primary N) is 1. The molecule has 0 fully saturated rings. The van der Waals surface area contributed by atoms with Gasteiger partial charge in [0.25, 0.3) is 0 Å². The number of rotatable bonds is 3. The van der Waals surface area contributed by atoms with Gasteiger partial charge in [-0.05, 0) is 25.8 Å². The largest absolute Gasteiger partial charge is 0.308 e. The van der Waals surface area contributed by atoms with E-state index in [0.717, 1.165) is 17.1 Å². The smallest absolute Gasteiger partial charge is 0.162 e. The van der Waals surface area contributed by atoms with Gasteiger partial charge in [0.1, 0.15) is 5.82 Å². The van der Waals surface area contributed by atoms with E-state index in [1.165, 1.54) is 9.75 Å². The van der Waals surface area contributed by atoms with E-state index in [4.69, 9.17) is 5.84 Å². The molecule has 3 N–H and O–H groups in total. The molecular weight excluding hydrogens is 244 g/mol. The number of nitrogen functional groups attached to an aromatic ring is 1. The summed E-state index contributed by atoms with van der Waals surface area (Å²) in [5.41, 5.74) is 4.70. The fraction of sp³-hybridized carbons (Fsp3) is 0.385. The van der Waals surface area contributed by atoms with E-state index >= 15 is 0 Å². The molecule has 0 radical (unpaired) electrons. The van der Waals surface area contributed by atoms with Crippen molar-refractivity contribution in [3.05, 3.63) is 27.6 Å². The van der Waals surface area contributed by atoms with Gasteiger partial charge in [-0.15, -0.1) is 11.3 Å². The number of thiophene rings is 1. The summed E-state index contributed by atoms with van der Waals surface area (Å²) in [5.74, 6) is 7.22. The second-order valence-electron chi connectivity index (χ2n) is 4.63. The third-order valence-electron chi connectivity index (χ3n) is 2.77. The molecule has 2 aromatic rings. The van der Waals surface area contributed by atoms with Gasteiger partial charge in [-0.3, -0.25) is 0 Å². The summed E-state index contributed by atoms with van der Waals surface area (Å²) in [7, 11) is 0. The lowest BCUT2D eigenvalue weighted by Gasteiger charge is -2.09. The quantitative estimate of drug-likeness (QED) is 0.658. The monoisotopic (exact) mass is 262 g/mol. The molecule has 2 rings (SSSR count). The van der Waals surface area contributed by atoms with Gasteiger partial charge in [0, 0.05) is 27.1 Å². The average molecular weight is 262 g/mol. The maximum absolute atomic E-state index is 5.47. The molecule has 2 aromatic heterocycles. The predicted octanol–water partition coefficient (Wildman–Crippen LogP) is 3.23. The summed E-state index contributed by atoms with van der Waals surface area (Å²) in [5, 5.41) is 0. The van der Waals surface area contributed by atoms with Crippen LogP contribution < -0.4 is 11.3 Å². The van der Waals surface area contributed by atoms with Gasteiger partial charge < -0.3 is 5.43 Å². The lowest BCUT2D eigenvalue weighted by atomic mass is 10.1. The van der Waals surface area contributed by atoms with Gasteiger partial charge in [-0.25, -0.2) is 15.8 Å². The molecule has 0 saturated heterocycles. The predicted molar refractivity (Wildman–Crippen MR) is 76.7 cm³/mol. The molecule has 0 aliphatic carbocycles. The molecule has 2 heterocycles. The summed E-state index contributed by atoms with van der Waals surface area (Å²) in [4.78, 5) is 11.6. The van der Waals surface area contributed by atoms with Crippen LogP contribution in [0.25, 0.3) is 11.4 Å². The zero-order valence-corrected chi connectivity index (χ0v) is 11.9. The number of hydrogen-bond acceptors (Lipinski definition) is 5.